The van der Waals surface area contributed by atoms with Crippen molar-refractivity contribution in [3.63, 3.8) is 0 Å². The highest BCUT2D eigenvalue weighted by atomic mass is 31.2. The zero-order valence-corrected chi connectivity index (χ0v) is 45.7. The summed E-state index contributed by atoms with van der Waals surface area (Å²) < 4.78 is 23.8. The number of hydrogen-bond acceptors (Lipinski definition) is 5. The molecule has 0 aromatic heterocycles. The van der Waals surface area contributed by atoms with E-state index in [0.717, 1.165) is 96.3 Å². The predicted molar refractivity (Wildman–Crippen MR) is 295 cm³/mol. The maximum absolute atomic E-state index is 13.0. The summed E-state index contributed by atoms with van der Waals surface area (Å²) in [5.41, 5.74) is 0. The highest BCUT2D eigenvalue weighted by Crippen LogP contribution is 2.43. The molecule has 0 aliphatic heterocycles. The van der Waals surface area contributed by atoms with Gasteiger partial charge in [0, 0.05) is 6.42 Å². The number of phosphoric ester groups is 1. The lowest BCUT2D eigenvalue weighted by molar-refractivity contribution is -0.870. The number of aliphatic hydroxyl groups is 1. The first-order valence-electron chi connectivity index (χ1n) is 28.0. The molecular formula is C59H108N2O6P+. The number of aliphatic hydroxyl groups excluding tert-OH is 1. The molecule has 0 saturated carbocycles. The van der Waals surface area contributed by atoms with Gasteiger partial charge in [-0.1, -0.05) is 240 Å². The fraction of sp³-hybridized carbons (Fsp3) is 0.746. The molecule has 3 N–H and O–H groups in total. The Labute approximate surface area is 420 Å². The van der Waals surface area contributed by atoms with E-state index in [4.69, 9.17) is 9.05 Å². The zero-order chi connectivity index (χ0) is 49.9. The van der Waals surface area contributed by atoms with Crippen molar-refractivity contribution in [1.82, 2.24) is 5.32 Å². The van der Waals surface area contributed by atoms with E-state index in [2.05, 4.69) is 104 Å². The van der Waals surface area contributed by atoms with Crippen molar-refractivity contribution in [2.45, 2.75) is 244 Å². The van der Waals surface area contributed by atoms with E-state index < -0.39 is 20.0 Å². The van der Waals surface area contributed by atoms with Crippen molar-refractivity contribution < 1.29 is 32.9 Å². The Balaban J connectivity index is 4.23. The van der Waals surface area contributed by atoms with Gasteiger partial charge in [0.2, 0.25) is 5.91 Å². The number of likely N-dealkylation sites (N-methyl/N-ethyl adjacent to an activating group) is 1. The quantitative estimate of drug-likeness (QED) is 0.0243. The van der Waals surface area contributed by atoms with Crippen LogP contribution in [-0.4, -0.2) is 73.4 Å². The molecule has 0 aliphatic carbocycles. The Hall–Kier alpha value is -2.32. The average Bonchev–Trinajstić information content (AvgIpc) is 3.30. The van der Waals surface area contributed by atoms with Gasteiger partial charge in [-0.2, -0.15) is 0 Å². The van der Waals surface area contributed by atoms with Crippen LogP contribution in [0, 0.1) is 0 Å². The number of nitrogens with zero attached hydrogens (tertiary/aromatic N) is 1. The monoisotopic (exact) mass is 972 g/mol. The van der Waals surface area contributed by atoms with Crippen molar-refractivity contribution in [1.29, 1.82) is 0 Å². The number of amides is 1. The number of quaternary nitrogens is 1. The molecule has 0 aromatic rings. The summed E-state index contributed by atoms with van der Waals surface area (Å²) in [6.07, 6.45) is 69.1. The highest BCUT2D eigenvalue weighted by molar-refractivity contribution is 7.47. The number of unbranched alkanes of at least 4 members (excludes halogenated alkanes) is 23. The van der Waals surface area contributed by atoms with Gasteiger partial charge >= 0.3 is 7.82 Å². The van der Waals surface area contributed by atoms with Crippen LogP contribution in [-0.2, 0) is 18.4 Å². The van der Waals surface area contributed by atoms with Gasteiger partial charge in [0.05, 0.1) is 39.9 Å². The maximum Gasteiger partial charge on any atom is 0.472 e. The number of rotatable bonds is 50. The Morgan fingerprint density at radius 1 is 0.515 bits per heavy atom. The summed E-state index contributed by atoms with van der Waals surface area (Å²) in [5.74, 6) is -0.158. The molecule has 0 rings (SSSR count). The maximum atomic E-state index is 13.0. The SMILES string of the molecule is CC/C=C\C/C=C\C/C=C\C/C=C\C/C=C\C/C=C\C/C=C\CCCCCCCCCC(=O)NC(COP(=O)(O)OCC[N+](C)(C)C)C(O)CCCCCCCCCCCCCCCCCCC. The highest BCUT2D eigenvalue weighted by Gasteiger charge is 2.28. The zero-order valence-electron chi connectivity index (χ0n) is 44.8. The van der Waals surface area contributed by atoms with Gasteiger partial charge in [0.15, 0.2) is 0 Å². The number of carbonyl (C=O) groups excluding carboxylic acids is 1. The molecular weight excluding hydrogens is 864 g/mol. The van der Waals surface area contributed by atoms with E-state index in [0.29, 0.717) is 23.9 Å². The van der Waals surface area contributed by atoms with Crippen LogP contribution in [0.4, 0.5) is 0 Å². The number of phosphoric acid groups is 1. The van der Waals surface area contributed by atoms with E-state index in [-0.39, 0.29) is 19.1 Å². The summed E-state index contributed by atoms with van der Waals surface area (Å²) in [7, 11) is 1.60. The fourth-order valence-electron chi connectivity index (χ4n) is 7.79. The summed E-state index contributed by atoms with van der Waals surface area (Å²) in [6.45, 7) is 4.77. The van der Waals surface area contributed by atoms with Crippen LogP contribution in [0.1, 0.15) is 232 Å². The van der Waals surface area contributed by atoms with E-state index in [9.17, 15) is 19.4 Å². The third-order valence-corrected chi connectivity index (χ3v) is 13.1. The molecule has 0 saturated heterocycles. The molecule has 3 unspecified atom stereocenters. The minimum Gasteiger partial charge on any atom is -0.391 e. The van der Waals surface area contributed by atoms with Crippen molar-refractivity contribution in [3.05, 3.63) is 85.1 Å². The van der Waals surface area contributed by atoms with Crippen molar-refractivity contribution in [3.8, 4) is 0 Å². The normalized spacial score (nSPS) is 14.6. The van der Waals surface area contributed by atoms with Crippen LogP contribution < -0.4 is 5.32 Å². The van der Waals surface area contributed by atoms with Crippen LogP contribution in [0.2, 0.25) is 0 Å². The average molecular weight is 972 g/mol. The summed E-state index contributed by atoms with van der Waals surface area (Å²) >= 11 is 0. The molecule has 8 nitrogen and oxygen atoms in total. The number of nitrogens with one attached hydrogen (secondary N) is 1. The molecule has 0 radical (unpaired) electrons. The largest absolute Gasteiger partial charge is 0.472 e. The van der Waals surface area contributed by atoms with Gasteiger partial charge in [-0.15, -0.1) is 0 Å². The van der Waals surface area contributed by atoms with E-state index in [1.807, 2.05) is 21.1 Å². The Bertz CT molecular complexity index is 1380. The molecule has 0 spiro atoms. The van der Waals surface area contributed by atoms with Crippen LogP contribution in [0.25, 0.3) is 0 Å². The fourth-order valence-corrected chi connectivity index (χ4v) is 8.53. The number of allylic oxidation sites excluding steroid dienone is 14. The lowest BCUT2D eigenvalue weighted by atomic mass is 10.0. The Morgan fingerprint density at radius 3 is 1.29 bits per heavy atom. The summed E-state index contributed by atoms with van der Waals surface area (Å²) in [5, 5.41) is 14.0. The van der Waals surface area contributed by atoms with Crippen molar-refractivity contribution in [2.24, 2.45) is 0 Å². The van der Waals surface area contributed by atoms with Gasteiger partial charge in [0.1, 0.15) is 13.2 Å². The van der Waals surface area contributed by atoms with E-state index in [1.165, 1.54) is 109 Å². The second-order valence-corrected chi connectivity index (χ2v) is 21.4. The minimum absolute atomic E-state index is 0.0683. The molecule has 0 bridgehead atoms. The topological polar surface area (TPSA) is 105 Å². The smallest absolute Gasteiger partial charge is 0.391 e. The van der Waals surface area contributed by atoms with Crippen LogP contribution in [0.15, 0.2) is 85.1 Å². The van der Waals surface area contributed by atoms with E-state index in [1.54, 1.807) is 0 Å². The Morgan fingerprint density at radius 2 is 0.882 bits per heavy atom. The van der Waals surface area contributed by atoms with Crippen LogP contribution in [0.5, 0.6) is 0 Å². The van der Waals surface area contributed by atoms with Crippen LogP contribution >= 0.6 is 7.82 Å². The number of hydrogen-bond donors (Lipinski definition) is 3. The Kier molecular flexibility index (Phi) is 48.0. The minimum atomic E-state index is -4.33. The van der Waals surface area contributed by atoms with Gasteiger partial charge in [0.25, 0.3) is 0 Å². The molecule has 68 heavy (non-hydrogen) atoms. The van der Waals surface area contributed by atoms with Gasteiger partial charge in [-0.3, -0.25) is 13.8 Å². The third kappa shape index (κ3) is 51.5. The molecule has 0 aliphatic rings. The van der Waals surface area contributed by atoms with Crippen molar-refractivity contribution >= 4 is 13.7 Å². The van der Waals surface area contributed by atoms with Gasteiger partial charge < -0.3 is 19.8 Å². The lowest BCUT2D eigenvalue weighted by Crippen LogP contribution is -2.46. The summed E-state index contributed by atoms with van der Waals surface area (Å²) in [6, 6.07) is -0.773. The second kappa shape index (κ2) is 49.7. The first kappa shape index (κ1) is 65.7. The molecule has 1 amide bonds. The van der Waals surface area contributed by atoms with Crippen LogP contribution in [0.3, 0.4) is 0 Å². The number of carbonyl (C=O) groups is 1. The third-order valence-electron chi connectivity index (χ3n) is 12.2. The standard InChI is InChI=1S/C59H107N2O6P/c1-6-8-10-12-14-16-18-20-22-24-25-26-27-28-29-30-31-32-33-34-35-37-39-41-43-45-47-49-51-53-59(63)60-57(56-67-68(64,65)66-55-54-61(3,4)5)58(62)52-50-48-46-44-42-40-38-36-23-21-19-17-15-13-11-9-7-2/h8,10,14,16,20,22,25-26,28-29,31-32,34-35,57-58,62H,6-7,9,11-13,15,17-19,21,23-24,27,30,33,36-56H2,1-5H3,(H-,60,63,64,65)/p+1/b10-8-,16-14-,22-20-,26-25-,29-28-,32-31-,35-34-. The molecule has 9 heteroatoms. The molecule has 0 fully saturated rings. The summed E-state index contributed by atoms with van der Waals surface area (Å²) in [4.78, 5) is 23.3. The predicted octanol–water partition coefficient (Wildman–Crippen LogP) is 16.9. The molecule has 3 atom stereocenters. The van der Waals surface area contributed by atoms with Gasteiger partial charge in [-0.25, -0.2) is 4.57 Å². The lowest BCUT2D eigenvalue weighted by Gasteiger charge is -2.26. The molecule has 394 valence electrons. The van der Waals surface area contributed by atoms with E-state index >= 15 is 0 Å². The molecule has 0 aromatic carbocycles. The van der Waals surface area contributed by atoms with Crippen molar-refractivity contribution in [2.75, 3.05) is 40.9 Å². The first-order chi connectivity index (χ1) is 33.0. The second-order valence-electron chi connectivity index (χ2n) is 19.9. The molecule has 0 heterocycles. The first-order valence-corrected chi connectivity index (χ1v) is 29.4. The van der Waals surface area contributed by atoms with Gasteiger partial charge in [-0.05, 0) is 70.6 Å².